The maximum Gasteiger partial charge on any atom is 0.417 e. The minimum atomic E-state index is -4.84. The lowest BCUT2D eigenvalue weighted by molar-refractivity contribution is -0.137. The summed E-state index contributed by atoms with van der Waals surface area (Å²) >= 11 is 1.22. The number of hydrogen-bond donors (Lipinski definition) is 1. The molecule has 0 amide bonds. The summed E-state index contributed by atoms with van der Waals surface area (Å²) in [6.45, 7) is 4.48. The molecule has 1 N–H and O–H groups in total. The van der Waals surface area contributed by atoms with Crippen LogP contribution in [0.15, 0.2) is 34.0 Å². The molecule has 1 aromatic heterocycles. The summed E-state index contributed by atoms with van der Waals surface area (Å²) in [5.41, 5.74) is -2.02. The highest BCUT2D eigenvalue weighted by Gasteiger charge is 2.40. The third kappa shape index (κ3) is 4.89. The summed E-state index contributed by atoms with van der Waals surface area (Å²) in [4.78, 5) is 21.7. The molecule has 0 spiro atoms. The maximum atomic E-state index is 15.1. The van der Waals surface area contributed by atoms with Crippen molar-refractivity contribution < 1.29 is 22.0 Å². The first-order valence-corrected chi connectivity index (χ1v) is 13.3. The number of nitrogens with one attached hydrogen (secondary N) is 1. The summed E-state index contributed by atoms with van der Waals surface area (Å²) in [7, 11) is 3.77. The number of hydrogen-bond acceptors (Lipinski definition) is 6. The number of halogens is 5. The lowest BCUT2D eigenvalue weighted by Crippen LogP contribution is -2.51. The Kier molecular flexibility index (Phi) is 7.16. The van der Waals surface area contributed by atoms with Gasteiger partial charge < -0.3 is 15.1 Å². The molecule has 2 atom stereocenters. The fraction of sp³-hybridized carbons (Fsp3) is 0.462. The average molecular weight is 554 g/mol. The van der Waals surface area contributed by atoms with E-state index in [1.807, 2.05) is 30.8 Å². The summed E-state index contributed by atoms with van der Waals surface area (Å²) in [6.07, 6.45) is -4.26. The van der Waals surface area contributed by atoms with Crippen LogP contribution in [0, 0.1) is 11.6 Å². The predicted octanol–water partition coefficient (Wildman–Crippen LogP) is 4.58. The van der Waals surface area contributed by atoms with E-state index in [1.54, 1.807) is 0 Å². The molecule has 2 aliphatic rings. The molecule has 0 aliphatic carbocycles. The van der Waals surface area contributed by atoms with E-state index in [0.717, 1.165) is 18.2 Å². The summed E-state index contributed by atoms with van der Waals surface area (Å²) in [6, 6.07) is 3.43. The van der Waals surface area contributed by atoms with Crippen LogP contribution in [-0.2, 0) is 12.7 Å². The maximum absolute atomic E-state index is 15.1. The molecule has 0 saturated carbocycles. The number of nitrogens with zero attached hydrogens (tertiary/aromatic N) is 4. The molecule has 0 unspecified atom stereocenters. The molecule has 0 radical (unpaired) electrons. The molecule has 204 valence electrons. The zero-order valence-electron chi connectivity index (χ0n) is 21.2. The second kappa shape index (κ2) is 10.1. The average Bonchev–Trinajstić information content (AvgIpc) is 2.84. The van der Waals surface area contributed by atoms with Gasteiger partial charge in [0.15, 0.2) is 0 Å². The van der Waals surface area contributed by atoms with Crippen molar-refractivity contribution in [1.29, 1.82) is 0 Å². The molecular formula is C26H28F5N5OS. The van der Waals surface area contributed by atoms with Gasteiger partial charge in [-0.05, 0) is 52.2 Å². The Balaban J connectivity index is 1.86. The molecule has 5 rings (SSSR count). The lowest BCUT2D eigenvalue weighted by atomic mass is 9.95. The van der Waals surface area contributed by atoms with Crippen LogP contribution in [0.4, 0.5) is 27.8 Å². The largest absolute Gasteiger partial charge is 0.417 e. The zero-order chi connectivity index (χ0) is 27.4. The number of piperazine rings is 1. The molecule has 3 heterocycles. The monoisotopic (exact) mass is 553 g/mol. The first-order valence-electron chi connectivity index (χ1n) is 12.4. The Hall–Kier alpha value is -2.70. The quantitative estimate of drug-likeness (QED) is 0.467. The first kappa shape index (κ1) is 26.9. The van der Waals surface area contributed by atoms with Gasteiger partial charge in [-0.25, -0.2) is 13.6 Å². The fourth-order valence-electron chi connectivity index (χ4n) is 5.20. The predicted molar refractivity (Wildman–Crippen MR) is 139 cm³/mol. The Labute approximate surface area is 220 Å². The van der Waals surface area contributed by atoms with Gasteiger partial charge in [-0.15, -0.1) is 11.8 Å². The molecule has 3 aromatic rings. The molecule has 2 aromatic carbocycles. The van der Waals surface area contributed by atoms with Crippen LogP contribution in [0.25, 0.3) is 22.0 Å². The van der Waals surface area contributed by atoms with E-state index in [2.05, 4.69) is 10.3 Å². The highest BCUT2D eigenvalue weighted by molar-refractivity contribution is 8.00. The number of anilines is 1. The van der Waals surface area contributed by atoms with Crippen LogP contribution in [-0.4, -0.2) is 66.0 Å². The first-order chi connectivity index (χ1) is 18.0. The minimum absolute atomic E-state index is 0.106. The van der Waals surface area contributed by atoms with E-state index in [9.17, 15) is 22.4 Å². The van der Waals surface area contributed by atoms with Crippen LogP contribution in [0.2, 0.25) is 0 Å². The van der Waals surface area contributed by atoms with Gasteiger partial charge >= 0.3 is 11.9 Å². The summed E-state index contributed by atoms with van der Waals surface area (Å²) < 4.78 is 74.2. The zero-order valence-corrected chi connectivity index (χ0v) is 22.0. The van der Waals surface area contributed by atoms with Crippen LogP contribution in [0.1, 0.15) is 18.9 Å². The molecule has 1 saturated heterocycles. The molecule has 0 bridgehead atoms. The van der Waals surface area contributed by atoms with E-state index < -0.39 is 29.1 Å². The molecule has 12 heteroatoms. The van der Waals surface area contributed by atoms with Crippen LogP contribution in [0.5, 0.6) is 0 Å². The smallest absolute Gasteiger partial charge is 0.351 e. The highest BCUT2D eigenvalue weighted by atomic mass is 32.2. The van der Waals surface area contributed by atoms with Gasteiger partial charge in [0.25, 0.3) is 0 Å². The van der Waals surface area contributed by atoms with Gasteiger partial charge in [-0.3, -0.25) is 4.57 Å². The number of benzene rings is 2. The van der Waals surface area contributed by atoms with Crippen molar-refractivity contribution in [2.24, 2.45) is 0 Å². The Morgan fingerprint density at radius 1 is 1.21 bits per heavy atom. The topological polar surface area (TPSA) is 53.4 Å². The van der Waals surface area contributed by atoms with Crippen molar-refractivity contribution in [2.45, 2.75) is 42.3 Å². The second-order valence-electron chi connectivity index (χ2n) is 10.1. The third-order valence-corrected chi connectivity index (χ3v) is 8.40. The van der Waals surface area contributed by atoms with Crippen molar-refractivity contribution in [3.05, 3.63) is 51.9 Å². The molecule has 1 fully saturated rings. The number of aromatic nitrogens is 2. The second-order valence-corrected chi connectivity index (χ2v) is 11.4. The fourth-order valence-corrected chi connectivity index (χ4v) is 6.64. The van der Waals surface area contributed by atoms with Crippen LogP contribution in [0.3, 0.4) is 0 Å². The van der Waals surface area contributed by atoms with Crippen molar-refractivity contribution in [1.82, 2.24) is 19.8 Å². The Morgan fingerprint density at radius 3 is 2.63 bits per heavy atom. The van der Waals surface area contributed by atoms with E-state index >= 15 is 4.39 Å². The Bertz CT molecular complexity index is 1440. The van der Waals surface area contributed by atoms with E-state index in [-0.39, 0.29) is 45.1 Å². The highest BCUT2D eigenvalue weighted by Crippen LogP contribution is 2.50. The van der Waals surface area contributed by atoms with Gasteiger partial charge in [0, 0.05) is 64.9 Å². The number of rotatable bonds is 5. The molecule has 2 aliphatic heterocycles. The summed E-state index contributed by atoms with van der Waals surface area (Å²) in [5.74, 6) is -1.79. The minimum Gasteiger partial charge on any atom is -0.351 e. The van der Waals surface area contributed by atoms with E-state index in [4.69, 9.17) is 0 Å². The van der Waals surface area contributed by atoms with E-state index in [0.29, 0.717) is 44.2 Å². The standard InChI is InChI=1S/C26H28F5N5OS/c1-14-12-32-7-9-35(14)24-18-11-19(26(29,30)31)21(17-5-4-15(27)10-20(17)28)23-22(18)36(25(37)33-24)13-16(38-23)6-8-34(2)3/h4-5,10-11,14,16,32H,6-9,12-13H2,1-3H3/t14-,16+/m0/s1. The third-order valence-electron chi connectivity index (χ3n) is 7.05. The molecular weight excluding hydrogens is 525 g/mol. The van der Waals surface area contributed by atoms with Crippen LogP contribution < -0.4 is 15.9 Å². The number of alkyl halides is 3. The Morgan fingerprint density at radius 2 is 1.97 bits per heavy atom. The van der Waals surface area contributed by atoms with Gasteiger partial charge in [0.05, 0.1) is 11.1 Å². The summed E-state index contributed by atoms with van der Waals surface area (Å²) in [5, 5.41) is 3.19. The van der Waals surface area contributed by atoms with Crippen LogP contribution >= 0.6 is 11.8 Å². The van der Waals surface area contributed by atoms with Gasteiger partial charge in [-0.2, -0.15) is 18.2 Å². The number of thioether (sulfide) groups is 1. The molecule has 6 nitrogen and oxygen atoms in total. The van der Waals surface area contributed by atoms with Gasteiger partial charge in [0.1, 0.15) is 17.5 Å². The lowest BCUT2D eigenvalue weighted by Gasteiger charge is -2.37. The van der Waals surface area contributed by atoms with Crippen molar-refractivity contribution in [2.75, 3.05) is 45.2 Å². The SMILES string of the molecule is C[C@H]1CNCCN1c1nc(=O)n2c3c(c(-c4ccc(F)cc4F)c(C(F)(F)F)cc13)S[C@H](CCN(C)C)C2. The van der Waals surface area contributed by atoms with Crippen molar-refractivity contribution in [3.8, 4) is 11.1 Å². The normalized spacial score (nSPS) is 20.0. The molecule has 38 heavy (non-hydrogen) atoms. The van der Waals surface area contributed by atoms with Gasteiger partial charge in [-0.1, -0.05) is 0 Å². The van der Waals surface area contributed by atoms with E-state index in [1.165, 1.54) is 16.3 Å². The van der Waals surface area contributed by atoms with Crippen molar-refractivity contribution >= 4 is 28.5 Å². The van der Waals surface area contributed by atoms with Gasteiger partial charge in [0.2, 0.25) is 0 Å². The van der Waals surface area contributed by atoms with Crippen molar-refractivity contribution in [3.63, 3.8) is 0 Å².